The Bertz CT molecular complexity index is 998. The van der Waals surface area contributed by atoms with Gasteiger partial charge in [-0.1, -0.05) is 12.1 Å². The van der Waals surface area contributed by atoms with E-state index in [0.717, 1.165) is 29.9 Å². The van der Waals surface area contributed by atoms with Crippen LogP contribution >= 0.6 is 0 Å². The first-order valence-electron chi connectivity index (χ1n) is 8.78. The fourth-order valence-electron chi connectivity index (χ4n) is 2.73. The van der Waals surface area contributed by atoms with Crippen molar-refractivity contribution in [2.75, 3.05) is 17.2 Å². The van der Waals surface area contributed by atoms with Crippen molar-refractivity contribution in [2.45, 2.75) is 18.8 Å². The van der Waals surface area contributed by atoms with Gasteiger partial charge >= 0.3 is 0 Å². The molecule has 1 saturated carbocycles. The van der Waals surface area contributed by atoms with Crippen molar-refractivity contribution in [1.29, 1.82) is 5.26 Å². The second-order valence-corrected chi connectivity index (χ2v) is 6.49. The van der Waals surface area contributed by atoms with Crippen molar-refractivity contribution >= 4 is 17.3 Å². The van der Waals surface area contributed by atoms with Gasteiger partial charge in [-0.05, 0) is 49.2 Å². The van der Waals surface area contributed by atoms with Crippen LogP contribution in [0.1, 0.15) is 30.1 Å². The maximum absolute atomic E-state index is 12.2. The molecule has 2 aromatic carbocycles. The SMILES string of the molecule is N#Cc1ccc(NCC(=O)Nc2cccc(-c3n[nH]c(C4CC4)n3)c2)cc1. The highest BCUT2D eigenvalue weighted by Gasteiger charge is 2.27. The van der Waals surface area contributed by atoms with Crippen molar-refractivity contribution in [3.63, 3.8) is 0 Å². The van der Waals surface area contributed by atoms with E-state index >= 15 is 0 Å². The highest BCUT2D eigenvalue weighted by atomic mass is 16.1. The number of nitrogens with zero attached hydrogens (tertiary/aromatic N) is 3. The quantitative estimate of drug-likeness (QED) is 0.627. The zero-order chi connectivity index (χ0) is 18.6. The van der Waals surface area contributed by atoms with Crippen molar-refractivity contribution in [1.82, 2.24) is 15.2 Å². The molecule has 1 fully saturated rings. The van der Waals surface area contributed by atoms with Crippen LogP contribution in [0.2, 0.25) is 0 Å². The molecular weight excluding hydrogens is 340 g/mol. The monoisotopic (exact) mass is 358 g/mol. The molecule has 0 atom stereocenters. The highest BCUT2D eigenvalue weighted by Crippen LogP contribution is 2.38. The molecule has 0 unspecified atom stereocenters. The Kier molecular flexibility index (Phi) is 4.54. The Morgan fingerprint density at radius 1 is 1.19 bits per heavy atom. The van der Waals surface area contributed by atoms with Crippen molar-refractivity contribution in [3.8, 4) is 17.5 Å². The fraction of sp³-hybridized carbons (Fsp3) is 0.200. The van der Waals surface area contributed by atoms with Gasteiger partial charge in [-0.2, -0.15) is 10.4 Å². The van der Waals surface area contributed by atoms with Crippen LogP contribution in [-0.4, -0.2) is 27.6 Å². The minimum absolute atomic E-state index is 0.128. The predicted molar refractivity (Wildman–Crippen MR) is 102 cm³/mol. The van der Waals surface area contributed by atoms with Crippen LogP contribution in [0.25, 0.3) is 11.4 Å². The van der Waals surface area contributed by atoms with Crippen LogP contribution < -0.4 is 10.6 Å². The van der Waals surface area contributed by atoms with Crippen LogP contribution in [-0.2, 0) is 4.79 Å². The van der Waals surface area contributed by atoms with Crippen LogP contribution in [0.5, 0.6) is 0 Å². The summed E-state index contributed by atoms with van der Waals surface area (Å²) in [5.74, 6) is 1.93. The third-order valence-electron chi connectivity index (χ3n) is 4.34. The molecular formula is C20H18N6O. The van der Waals surface area contributed by atoms with E-state index < -0.39 is 0 Å². The number of amides is 1. The number of carbonyl (C=O) groups is 1. The fourth-order valence-corrected chi connectivity index (χ4v) is 2.73. The summed E-state index contributed by atoms with van der Waals surface area (Å²) in [5, 5.41) is 22.0. The average molecular weight is 358 g/mol. The van der Waals surface area contributed by atoms with E-state index in [-0.39, 0.29) is 12.5 Å². The summed E-state index contributed by atoms with van der Waals surface area (Å²) in [6.45, 7) is 0.128. The minimum Gasteiger partial charge on any atom is -0.376 e. The van der Waals surface area contributed by atoms with Crippen LogP contribution in [0.15, 0.2) is 48.5 Å². The molecule has 27 heavy (non-hydrogen) atoms. The molecule has 7 heteroatoms. The van der Waals surface area contributed by atoms with Gasteiger partial charge < -0.3 is 10.6 Å². The van der Waals surface area contributed by atoms with Gasteiger partial charge in [-0.3, -0.25) is 9.89 Å². The Labute approximate surface area is 156 Å². The standard InChI is InChI=1S/C20H18N6O/c21-11-13-4-8-16(9-5-13)22-12-18(27)23-17-3-1-2-15(10-17)20-24-19(25-26-20)14-6-7-14/h1-5,8-10,14,22H,6-7,12H2,(H,23,27)(H,24,25,26). The van der Waals surface area contributed by atoms with Crippen molar-refractivity contribution in [2.24, 2.45) is 0 Å². The Balaban J connectivity index is 1.36. The lowest BCUT2D eigenvalue weighted by Gasteiger charge is -2.08. The number of nitriles is 1. The van der Waals surface area contributed by atoms with E-state index in [4.69, 9.17) is 5.26 Å². The second kappa shape index (κ2) is 7.30. The lowest BCUT2D eigenvalue weighted by atomic mass is 10.2. The third kappa shape index (κ3) is 4.12. The number of anilines is 2. The summed E-state index contributed by atoms with van der Waals surface area (Å²) in [5.41, 5.74) is 2.91. The van der Waals surface area contributed by atoms with Gasteiger partial charge in [0.05, 0.1) is 18.2 Å². The zero-order valence-corrected chi connectivity index (χ0v) is 14.6. The first-order chi connectivity index (χ1) is 13.2. The molecule has 3 N–H and O–H groups in total. The number of benzene rings is 2. The molecule has 4 rings (SSSR count). The average Bonchev–Trinajstić information content (AvgIpc) is 3.43. The Hall–Kier alpha value is -3.66. The number of aromatic amines is 1. The maximum Gasteiger partial charge on any atom is 0.243 e. The molecule has 1 aliphatic rings. The van der Waals surface area contributed by atoms with E-state index in [1.807, 2.05) is 24.3 Å². The van der Waals surface area contributed by atoms with E-state index in [2.05, 4.69) is 31.9 Å². The normalized spacial score (nSPS) is 13.0. The van der Waals surface area contributed by atoms with E-state index in [1.54, 1.807) is 24.3 Å². The van der Waals surface area contributed by atoms with E-state index in [0.29, 0.717) is 23.0 Å². The molecule has 0 radical (unpaired) electrons. The summed E-state index contributed by atoms with van der Waals surface area (Å²) in [6, 6.07) is 16.5. The molecule has 1 heterocycles. The van der Waals surface area contributed by atoms with Gasteiger partial charge in [-0.15, -0.1) is 0 Å². The first kappa shape index (κ1) is 16.8. The number of nitrogens with one attached hydrogen (secondary N) is 3. The summed E-state index contributed by atoms with van der Waals surface area (Å²) in [6.07, 6.45) is 2.33. The van der Waals surface area contributed by atoms with Crippen LogP contribution in [0, 0.1) is 11.3 Å². The zero-order valence-electron chi connectivity index (χ0n) is 14.6. The number of carbonyl (C=O) groups excluding carboxylic acids is 1. The van der Waals surface area contributed by atoms with Gasteiger partial charge in [-0.25, -0.2) is 4.98 Å². The molecule has 0 saturated heterocycles. The van der Waals surface area contributed by atoms with E-state index in [9.17, 15) is 4.79 Å². The smallest absolute Gasteiger partial charge is 0.243 e. The maximum atomic E-state index is 12.2. The number of hydrogen-bond donors (Lipinski definition) is 3. The summed E-state index contributed by atoms with van der Waals surface area (Å²) in [7, 11) is 0. The molecule has 1 amide bonds. The van der Waals surface area contributed by atoms with Gasteiger partial charge in [0, 0.05) is 22.9 Å². The highest BCUT2D eigenvalue weighted by molar-refractivity contribution is 5.94. The molecule has 7 nitrogen and oxygen atoms in total. The van der Waals surface area contributed by atoms with Crippen molar-refractivity contribution < 1.29 is 4.79 Å². The van der Waals surface area contributed by atoms with Gasteiger partial charge in [0.1, 0.15) is 5.82 Å². The molecule has 0 aliphatic heterocycles. The number of aromatic nitrogens is 3. The van der Waals surface area contributed by atoms with Crippen LogP contribution in [0.4, 0.5) is 11.4 Å². The van der Waals surface area contributed by atoms with Crippen molar-refractivity contribution in [3.05, 3.63) is 59.9 Å². The molecule has 1 aliphatic carbocycles. The van der Waals surface area contributed by atoms with E-state index in [1.165, 1.54) is 0 Å². The summed E-state index contributed by atoms with van der Waals surface area (Å²) in [4.78, 5) is 16.7. The Morgan fingerprint density at radius 2 is 2.00 bits per heavy atom. The van der Waals surface area contributed by atoms with Crippen LogP contribution in [0.3, 0.4) is 0 Å². The lowest BCUT2D eigenvalue weighted by Crippen LogP contribution is -2.21. The minimum atomic E-state index is -0.162. The third-order valence-corrected chi connectivity index (χ3v) is 4.34. The summed E-state index contributed by atoms with van der Waals surface area (Å²) >= 11 is 0. The topological polar surface area (TPSA) is 106 Å². The first-order valence-corrected chi connectivity index (χ1v) is 8.78. The predicted octanol–water partition coefficient (Wildman–Crippen LogP) is 3.27. The van der Waals surface area contributed by atoms with Gasteiger partial charge in [0.2, 0.25) is 5.91 Å². The molecule has 134 valence electrons. The number of H-pyrrole nitrogens is 1. The van der Waals surface area contributed by atoms with Gasteiger partial charge in [0.25, 0.3) is 0 Å². The lowest BCUT2D eigenvalue weighted by molar-refractivity contribution is -0.114. The molecule has 0 spiro atoms. The largest absolute Gasteiger partial charge is 0.376 e. The molecule has 3 aromatic rings. The molecule has 0 bridgehead atoms. The summed E-state index contributed by atoms with van der Waals surface area (Å²) < 4.78 is 0. The number of hydrogen-bond acceptors (Lipinski definition) is 5. The molecule has 1 aromatic heterocycles. The Morgan fingerprint density at radius 3 is 2.74 bits per heavy atom. The number of rotatable bonds is 6. The second-order valence-electron chi connectivity index (χ2n) is 6.49. The van der Waals surface area contributed by atoms with Gasteiger partial charge in [0.15, 0.2) is 5.82 Å².